The van der Waals surface area contributed by atoms with Crippen LogP contribution in [0.15, 0.2) is 89.1 Å². The van der Waals surface area contributed by atoms with Crippen LogP contribution in [-0.4, -0.2) is 16.8 Å². The van der Waals surface area contributed by atoms with Gasteiger partial charge in [0.2, 0.25) is 0 Å². The number of rotatable bonds is 2. The summed E-state index contributed by atoms with van der Waals surface area (Å²) in [4.78, 5) is 25.3. The summed E-state index contributed by atoms with van der Waals surface area (Å²) in [7, 11) is 0. The van der Waals surface area contributed by atoms with E-state index >= 15 is 0 Å². The van der Waals surface area contributed by atoms with Crippen molar-refractivity contribution in [2.24, 2.45) is 0 Å². The van der Waals surface area contributed by atoms with Crippen LogP contribution >= 0.6 is 0 Å². The van der Waals surface area contributed by atoms with Crippen LogP contribution in [0.4, 0.5) is 5.69 Å². The topological polar surface area (TPSA) is 49.4 Å². The number of nitrogens with one attached hydrogen (secondary N) is 1. The van der Waals surface area contributed by atoms with Gasteiger partial charge in [-0.15, -0.1) is 0 Å². The van der Waals surface area contributed by atoms with Gasteiger partial charge >= 0.3 is 0 Å². The lowest BCUT2D eigenvalue weighted by atomic mass is 10.1. The second kappa shape index (κ2) is 5.25. The van der Waals surface area contributed by atoms with Crippen molar-refractivity contribution in [3.63, 3.8) is 0 Å². The maximum Gasteiger partial charge on any atom is 0.280 e. The first-order valence-electron chi connectivity index (χ1n) is 7.43. The van der Waals surface area contributed by atoms with Gasteiger partial charge in [-0.3, -0.25) is 15.0 Å². The molecule has 0 aromatic heterocycles. The molecule has 23 heavy (non-hydrogen) atoms. The second-order valence-electron chi connectivity index (χ2n) is 5.58. The second-order valence-corrected chi connectivity index (χ2v) is 5.58. The van der Waals surface area contributed by atoms with Gasteiger partial charge in [-0.05, 0) is 41.9 Å². The number of nitrogens with zero attached hydrogens (tertiary/aromatic N) is 1. The highest BCUT2D eigenvalue weighted by atomic mass is 16.2. The van der Waals surface area contributed by atoms with Crippen molar-refractivity contribution in [2.75, 3.05) is 5.43 Å². The largest absolute Gasteiger partial charge is 0.288 e. The number of para-hydroxylation sites is 1. The Bertz CT molecular complexity index is 805. The van der Waals surface area contributed by atoms with Gasteiger partial charge < -0.3 is 0 Å². The normalized spacial score (nSPS) is 19.2. The van der Waals surface area contributed by atoms with Gasteiger partial charge in [-0.2, -0.15) is 5.01 Å². The quantitative estimate of drug-likeness (QED) is 0.854. The molecule has 2 amide bonds. The molecule has 4 rings (SSSR count). The molecule has 3 aliphatic rings. The van der Waals surface area contributed by atoms with Gasteiger partial charge in [0.25, 0.3) is 11.8 Å². The molecule has 0 spiro atoms. The summed E-state index contributed by atoms with van der Waals surface area (Å²) in [5, 5.41) is 1.08. The fourth-order valence-corrected chi connectivity index (χ4v) is 2.87. The van der Waals surface area contributed by atoms with Crippen LogP contribution in [0.2, 0.25) is 0 Å². The van der Waals surface area contributed by atoms with Crippen LogP contribution in [0.1, 0.15) is 6.42 Å². The molecule has 0 atom stereocenters. The van der Waals surface area contributed by atoms with Crippen molar-refractivity contribution >= 4 is 17.5 Å². The third kappa shape index (κ3) is 2.34. The molecule has 1 heterocycles. The van der Waals surface area contributed by atoms with Gasteiger partial charge in [0, 0.05) is 0 Å². The van der Waals surface area contributed by atoms with Crippen LogP contribution in [0.3, 0.4) is 0 Å². The summed E-state index contributed by atoms with van der Waals surface area (Å²) in [6, 6.07) is 9.20. The molecule has 4 heteroatoms. The zero-order valence-electron chi connectivity index (χ0n) is 12.3. The summed E-state index contributed by atoms with van der Waals surface area (Å²) in [6.45, 7) is 0. The Morgan fingerprint density at radius 3 is 1.96 bits per heavy atom. The summed E-state index contributed by atoms with van der Waals surface area (Å²) in [5.74, 6) is -0.636. The van der Waals surface area contributed by atoms with E-state index < -0.39 is 0 Å². The lowest BCUT2D eigenvalue weighted by Crippen LogP contribution is -2.35. The monoisotopic (exact) mass is 302 g/mol. The van der Waals surface area contributed by atoms with E-state index in [0.29, 0.717) is 16.8 Å². The standard InChI is InChI=1S/C19H14N2O2/c22-18-16-11-13-6-4-5-7-14(10-13)12-17(16)19(23)21(18)20-15-8-2-1-3-9-15/h1-9,11-12,20H,10H2. The first-order valence-corrected chi connectivity index (χ1v) is 7.43. The molecule has 2 aliphatic carbocycles. The number of carbonyl (C=O) groups excluding carboxylic acids is 2. The van der Waals surface area contributed by atoms with E-state index in [2.05, 4.69) is 5.43 Å². The van der Waals surface area contributed by atoms with Gasteiger partial charge in [0.1, 0.15) is 0 Å². The Balaban J connectivity index is 1.74. The van der Waals surface area contributed by atoms with Gasteiger partial charge in [-0.1, -0.05) is 42.5 Å². The smallest absolute Gasteiger partial charge is 0.280 e. The zero-order valence-corrected chi connectivity index (χ0v) is 12.3. The summed E-state index contributed by atoms with van der Waals surface area (Å²) in [6.07, 6.45) is 12.2. The minimum absolute atomic E-state index is 0.318. The Labute approximate surface area is 133 Å². The van der Waals surface area contributed by atoms with Crippen LogP contribution in [-0.2, 0) is 9.59 Å². The highest BCUT2D eigenvalue weighted by Gasteiger charge is 2.40. The molecule has 1 N–H and O–H groups in total. The predicted molar refractivity (Wildman–Crippen MR) is 88.0 cm³/mol. The Morgan fingerprint density at radius 1 is 0.826 bits per heavy atom. The number of hydrogen-bond acceptors (Lipinski definition) is 3. The predicted octanol–water partition coefficient (Wildman–Crippen LogP) is 3.06. The van der Waals surface area contributed by atoms with Crippen LogP contribution < -0.4 is 5.43 Å². The number of carbonyl (C=O) groups is 2. The van der Waals surface area contributed by atoms with E-state index in [9.17, 15) is 9.59 Å². The average molecular weight is 302 g/mol. The van der Waals surface area contributed by atoms with Crippen molar-refractivity contribution in [1.82, 2.24) is 5.01 Å². The van der Waals surface area contributed by atoms with Gasteiger partial charge in [-0.25, -0.2) is 0 Å². The summed E-state index contributed by atoms with van der Waals surface area (Å²) >= 11 is 0. The first kappa shape index (κ1) is 13.5. The minimum Gasteiger partial charge on any atom is -0.288 e. The molecule has 112 valence electrons. The van der Waals surface area contributed by atoms with E-state index in [4.69, 9.17) is 0 Å². The third-order valence-corrected chi connectivity index (χ3v) is 3.97. The highest BCUT2D eigenvalue weighted by molar-refractivity contribution is 6.25. The van der Waals surface area contributed by atoms with Crippen molar-refractivity contribution in [3.05, 3.63) is 89.1 Å². The van der Waals surface area contributed by atoms with Crippen molar-refractivity contribution < 1.29 is 9.59 Å². The summed E-state index contributed by atoms with van der Waals surface area (Å²) < 4.78 is 0. The summed E-state index contributed by atoms with van der Waals surface area (Å²) in [5.41, 5.74) is 6.53. The fourth-order valence-electron chi connectivity index (χ4n) is 2.87. The average Bonchev–Trinajstić information content (AvgIpc) is 2.81. The Kier molecular flexibility index (Phi) is 3.08. The Hall–Kier alpha value is -3.14. The van der Waals surface area contributed by atoms with Gasteiger partial charge in [0.15, 0.2) is 0 Å². The van der Waals surface area contributed by atoms with E-state index in [1.165, 1.54) is 0 Å². The number of anilines is 1. The molecule has 1 aliphatic heterocycles. The molecular formula is C19H14N2O2. The number of allylic oxidation sites excluding steroid dienone is 8. The molecule has 4 nitrogen and oxygen atoms in total. The van der Waals surface area contributed by atoms with Gasteiger partial charge in [0.05, 0.1) is 16.8 Å². The number of hydrogen-bond donors (Lipinski definition) is 1. The first-order chi connectivity index (χ1) is 11.2. The van der Waals surface area contributed by atoms with Crippen LogP contribution in [0.5, 0.6) is 0 Å². The molecule has 1 aromatic carbocycles. The van der Waals surface area contributed by atoms with E-state index in [1.807, 2.05) is 66.8 Å². The number of hydrazine groups is 1. The van der Waals surface area contributed by atoms with Crippen molar-refractivity contribution in [2.45, 2.75) is 6.42 Å². The fraction of sp³-hybridized carbons (Fsp3) is 0.0526. The SMILES string of the molecule is O=C1C2=CC3=CC=CC=C(C=C2C(=O)N1Nc1ccccc1)C3. The lowest BCUT2D eigenvalue weighted by molar-refractivity contribution is -0.134. The number of benzene rings is 1. The maximum atomic E-state index is 12.7. The Morgan fingerprint density at radius 2 is 1.39 bits per heavy atom. The molecule has 1 saturated heterocycles. The van der Waals surface area contributed by atoms with E-state index in [-0.39, 0.29) is 11.8 Å². The number of fused-ring (bicyclic) bond motifs is 3. The molecule has 1 aromatic rings. The molecule has 0 radical (unpaired) electrons. The molecule has 1 fully saturated rings. The number of amides is 2. The van der Waals surface area contributed by atoms with E-state index in [1.54, 1.807) is 0 Å². The molecule has 2 bridgehead atoms. The van der Waals surface area contributed by atoms with Crippen LogP contribution in [0, 0.1) is 0 Å². The van der Waals surface area contributed by atoms with Crippen molar-refractivity contribution in [1.29, 1.82) is 0 Å². The van der Waals surface area contributed by atoms with Crippen LogP contribution in [0.25, 0.3) is 0 Å². The molecule has 0 saturated carbocycles. The highest BCUT2D eigenvalue weighted by Crippen LogP contribution is 2.33. The zero-order chi connectivity index (χ0) is 15.8. The lowest BCUT2D eigenvalue weighted by Gasteiger charge is -2.15. The van der Waals surface area contributed by atoms with E-state index in [0.717, 1.165) is 22.6 Å². The molecular weight excluding hydrogens is 288 g/mol. The maximum absolute atomic E-state index is 12.7. The molecule has 0 unspecified atom stereocenters. The third-order valence-electron chi connectivity index (χ3n) is 3.97. The minimum atomic E-state index is -0.318. The van der Waals surface area contributed by atoms with Crippen molar-refractivity contribution in [3.8, 4) is 0 Å². The number of imide groups is 1.